The van der Waals surface area contributed by atoms with Crippen LogP contribution in [0.4, 0.5) is 0 Å². The highest BCUT2D eigenvalue weighted by Gasteiger charge is 2.33. The second kappa shape index (κ2) is 11.1. The van der Waals surface area contributed by atoms with Gasteiger partial charge in [-0.2, -0.15) is 0 Å². The summed E-state index contributed by atoms with van der Waals surface area (Å²) in [5.74, 6) is 1.03. The number of hydrogen-bond acceptors (Lipinski definition) is 6. The van der Waals surface area contributed by atoms with Gasteiger partial charge >= 0.3 is 5.97 Å². The van der Waals surface area contributed by atoms with Crippen LogP contribution in [0.5, 0.6) is 0 Å². The molecule has 2 aromatic carbocycles. The third-order valence-corrected chi connectivity index (χ3v) is 8.76. The van der Waals surface area contributed by atoms with Crippen molar-refractivity contribution in [3.05, 3.63) is 112 Å². The number of ether oxygens (including phenoxy) is 1. The summed E-state index contributed by atoms with van der Waals surface area (Å²) in [6.07, 6.45) is 1.70. The van der Waals surface area contributed by atoms with Crippen LogP contribution in [0.25, 0.3) is 17.4 Å². The molecule has 0 saturated heterocycles. The Morgan fingerprint density at radius 1 is 1.21 bits per heavy atom. The number of hydrogen-bond donors (Lipinski definition) is 0. The van der Waals surface area contributed by atoms with Gasteiger partial charge in [-0.3, -0.25) is 9.36 Å². The zero-order valence-electron chi connectivity index (χ0n) is 21.8. The summed E-state index contributed by atoms with van der Waals surface area (Å²) in [6.45, 7) is 8.01. The lowest BCUT2D eigenvalue weighted by Crippen LogP contribution is -2.39. The fraction of sp³-hybridized carbons (Fsp3) is 0.233. The van der Waals surface area contributed by atoms with Gasteiger partial charge in [-0.05, 0) is 71.1 Å². The van der Waals surface area contributed by atoms with Crippen LogP contribution in [-0.2, 0) is 9.53 Å². The maximum absolute atomic E-state index is 13.8. The summed E-state index contributed by atoms with van der Waals surface area (Å²) in [6, 6.07) is 16.6. The number of esters is 1. The standard InChI is InChI=1S/C30H26BrClN2O4S/c1-5-37-29(36)26-17(4)33-30-34(27(26)19-8-6-18(7-9-19)16(2)3)28(35)25(39-30)15-21-11-13-24(38-21)20-10-12-22(31)23(32)14-20/h6-16,27H,5H2,1-4H3/b25-15-/t27-/m1/s1. The second-order valence-corrected chi connectivity index (χ2v) is 11.7. The maximum atomic E-state index is 13.8. The van der Waals surface area contributed by atoms with Crippen LogP contribution in [-0.4, -0.2) is 17.1 Å². The predicted molar refractivity (Wildman–Crippen MR) is 158 cm³/mol. The number of rotatable bonds is 6. The summed E-state index contributed by atoms with van der Waals surface area (Å²) in [5.41, 5.74) is 3.45. The average molecular weight is 626 g/mol. The lowest BCUT2D eigenvalue weighted by atomic mass is 9.93. The first kappa shape index (κ1) is 27.4. The Morgan fingerprint density at radius 3 is 2.62 bits per heavy atom. The van der Waals surface area contributed by atoms with E-state index < -0.39 is 12.0 Å². The zero-order chi connectivity index (χ0) is 27.8. The molecule has 0 fully saturated rings. The molecule has 0 spiro atoms. The molecule has 9 heteroatoms. The molecule has 5 rings (SSSR count). The number of aromatic nitrogens is 1. The molecule has 1 atom stereocenters. The Bertz CT molecular complexity index is 1780. The van der Waals surface area contributed by atoms with E-state index in [9.17, 15) is 9.59 Å². The highest BCUT2D eigenvalue weighted by Crippen LogP contribution is 2.32. The van der Waals surface area contributed by atoms with Crippen molar-refractivity contribution < 1.29 is 13.9 Å². The summed E-state index contributed by atoms with van der Waals surface area (Å²) in [4.78, 5) is 32.0. The fourth-order valence-corrected chi connectivity index (χ4v) is 5.99. The molecule has 0 amide bonds. The molecule has 1 aliphatic rings. The molecular formula is C30H26BrClN2O4S. The van der Waals surface area contributed by atoms with Crippen molar-refractivity contribution in [2.24, 2.45) is 4.99 Å². The van der Waals surface area contributed by atoms with E-state index in [1.165, 1.54) is 16.9 Å². The van der Waals surface area contributed by atoms with Crippen molar-refractivity contribution in [3.63, 3.8) is 0 Å². The zero-order valence-corrected chi connectivity index (χ0v) is 25.0. The molecule has 200 valence electrons. The number of allylic oxidation sites excluding steroid dienone is 1. The second-order valence-electron chi connectivity index (χ2n) is 9.45. The average Bonchev–Trinajstić information content (AvgIpc) is 3.49. The number of halogens is 2. The minimum atomic E-state index is -0.652. The number of nitrogens with zero attached hydrogens (tertiary/aromatic N) is 2. The maximum Gasteiger partial charge on any atom is 0.338 e. The lowest BCUT2D eigenvalue weighted by molar-refractivity contribution is -0.139. The number of furan rings is 1. The molecule has 0 saturated carbocycles. The van der Waals surface area contributed by atoms with Gasteiger partial charge in [0.1, 0.15) is 11.5 Å². The van der Waals surface area contributed by atoms with Crippen LogP contribution in [0.3, 0.4) is 0 Å². The summed E-state index contributed by atoms with van der Waals surface area (Å²) in [5, 5.41) is 0.577. The molecule has 3 heterocycles. The number of thiazole rings is 1. The Labute approximate surface area is 243 Å². The Morgan fingerprint density at radius 2 is 1.95 bits per heavy atom. The highest BCUT2D eigenvalue weighted by molar-refractivity contribution is 9.10. The van der Waals surface area contributed by atoms with E-state index in [0.29, 0.717) is 43.1 Å². The summed E-state index contributed by atoms with van der Waals surface area (Å²) < 4.78 is 14.2. The van der Waals surface area contributed by atoms with Crippen molar-refractivity contribution in [3.8, 4) is 11.3 Å². The van der Waals surface area contributed by atoms with E-state index >= 15 is 0 Å². The van der Waals surface area contributed by atoms with E-state index in [-0.39, 0.29) is 12.2 Å². The Hall–Kier alpha value is -3.20. The smallest absolute Gasteiger partial charge is 0.338 e. The van der Waals surface area contributed by atoms with Crippen LogP contribution in [0.1, 0.15) is 56.5 Å². The van der Waals surface area contributed by atoms with Crippen LogP contribution < -0.4 is 14.9 Å². The van der Waals surface area contributed by atoms with Crippen LogP contribution in [0, 0.1) is 0 Å². The van der Waals surface area contributed by atoms with E-state index in [1.54, 1.807) is 30.6 Å². The van der Waals surface area contributed by atoms with Gasteiger partial charge in [-0.25, -0.2) is 9.79 Å². The van der Waals surface area contributed by atoms with Gasteiger partial charge in [0.2, 0.25) is 0 Å². The molecule has 4 aromatic rings. The fourth-order valence-electron chi connectivity index (χ4n) is 4.53. The van der Waals surface area contributed by atoms with E-state index in [4.69, 9.17) is 20.8 Å². The molecule has 0 bridgehead atoms. The van der Waals surface area contributed by atoms with Gasteiger partial charge in [0.05, 0.1) is 33.5 Å². The van der Waals surface area contributed by atoms with Crippen molar-refractivity contribution in [1.29, 1.82) is 0 Å². The normalized spacial score (nSPS) is 15.5. The lowest BCUT2D eigenvalue weighted by Gasteiger charge is -2.25. The van der Waals surface area contributed by atoms with Crippen molar-refractivity contribution in [2.75, 3.05) is 6.61 Å². The molecule has 0 aliphatic carbocycles. The monoisotopic (exact) mass is 624 g/mol. The number of fused-ring (bicyclic) bond motifs is 1. The topological polar surface area (TPSA) is 73.8 Å². The van der Waals surface area contributed by atoms with Gasteiger partial charge in [-0.1, -0.05) is 67.1 Å². The van der Waals surface area contributed by atoms with Crippen LogP contribution in [0.15, 0.2) is 84.5 Å². The third kappa shape index (κ3) is 5.33. The number of carbonyl (C=O) groups is 1. The van der Waals surface area contributed by atoms with E-state index in [2.05, 4.69) is 34.8 Å². The number of benzene rings is 2. The Kier molecular flexibility index (Phi) is 7.80. The van der Waals surface area contributed by atoms with Crippen LogP contribution in [0.2, 0.25) is 5.02 Å². The van der Waals surface area contributed by atoms with E-state index in [0.717, 1.165) is 15.6 Å². The summed E-state index contributed by atoms with van der Waals surface area (Å²) >= 11 is 10.9. The van der Waals surface area contributed by atoms with Gasteiger partial charge in [0, 0.05) is 16.1 Å². The third-order valence-electron chi connectivity index (χ3n) is 6.54. The largest absolute Gasteiger partial charge is 0.463 e. The minimum absolute atomic E-state index is 0.226. The van der Waals surface area contributed by atoms with Gasteiger partial charge in [0.25, 0.3) is 5.56 Å². The first-order valence-electron chi connectivity index (χ1n) is 12.5. The predicted octanol–water partition coefficient (Wildman–Crippen LogP) is 6.60. The minimum Gasteiger partial charge on any atom is -0.463 e. The first-order chi connectivity index (χ1) is 18.7. The van der Waals surface area contributed by atoms with Gasteiger partial charge < -0.3 is 9.15 Å². The molecule has 0 N–H and O–H groups in total. The van der Waals surface area contributed by atoms with E-state index in [1.807, 2.05) is 48.5 Å². The highest BCUT2D eigenvalue weighted by atomic mass is 79.9. The number of carbonyl (C=O) groups excluding carboxylic acids is 1. The molecule has 0 radical (unpaired) electrons. The molecule has 39 heavy (non-hydrogen) atoms. The van der Waals surface area contributed by atoms with Crippen molar-refractivity contribution >= 4 is 50.9 Å². The first-order valence-corrected chi connectivity index (χ1v) is 14.5. The van der Waals surface area contributed by atoms with Crippen LogP contribution >= 0.6 is 38.9 Å². The van der Waals surface area contributed by atoms with Crippen molar-refractivity contribution in [1.82, 2.24) is 4.57 Å². The SMILES string of the molecule is CCOC(=O)C1=C(C)N=c2s/c(=C\c3ccc(-c4ccc(Br)c(Cl)c4)o3)c(=O)n2[C@@H]1c1ccc(C(C)C)cc1. The van der Waals surface area contributed by atoms with Crippen molar-refractivity contribution in [2.45, 2.75) is 39.7 Å². The molecule has 0 unspecified atom stereocenters. The molecule has 2 aromatic heterocycles. The Balaban J connectivity index is 1.62. The summed E-state index contributed by atoms with van der Waals surface area (Å²) in [7, 11) is 0. The molecule has 1 aliphatic heterocycles. The van der Waals surface area contributed by atoms with Gasteiger partial charge in [0.15, 0.2) is 4.80 Å². The van der Waals surface area contributed by atoms with Gasteiger partial charge in [-0.15, -0.1) is 0 Å². The molecule has 6 nitrogen and oxygen atoms in total. The quantitative estimate of drug-likeness (QED) is 0.227. The molecular weight excluding hydrogens is 600 g/mol.